The van der Waals surface area contributed by atoms with Crippen molar-refractivity contribution in [2.75, 3.05) is 11.9 Å². The summed E-state index contributed by atoms with van der Waals surface area (Å²) < 4.78 is 28.5. The fourth-order valence-electron chi connectivity index (χ4n) is 4.41. The van der Waals surface area contributed by atoms with Crippen molar-refractivity contribution in [3.8, 4) is 0 Å². The first-order chi connectivity index (χ1) is 18.1. The van der Waals surface area contributed by atoms with Crippen LogP contribution >= 0.6 is 0 Å². The van der Waals surface area contributed by atoms with Gasteiger partial charge in [-0.1, -0.05) is 92.7 Å². The average molecular weight is 533 g/mol. The topological polar surface area (TPSA) is 108 Å². The van der Waals surface area contributed by atoms with Gasteiger partial charge in [-0.15, -0.1) is 0 Å². The predicted molar refractivity (Wildman–Crippen MR) is 149 cm³/mol. The highest BCUT2D eigenvalue weighted by Gasteiger charge is 2.34. The van der Waals surface area contributed by atoms with Crippen LogP contribution in [-0.4, -0.2) is 45.2 Å². The third-order valence-corrected chi connectivity index (χ3v) is 7.57. The van der Waals surface area contributed by atoms with Gasteiger partial charge in [0.25, 0.3) is 5.91 Å². The number of nitrogens with one attached hydrogen (secondary N) is 2. The Hall–Kier alpha value is -3.82. The molecule has 1 aliphatic rings. The maximum atomic E-state index is 13.5. The lowest BCUT2D eigenvalue weighted by Gasteiger charge is -2.24. The highest BCUT2D eigenvalue weighted by Crippen LogP contribution is 2.27. The Morgan fingerprint density at radius 2 is 1.55 bits per heavy atom. The Balaban J connectivity index is 1.64. The molecule has 2 atom stereocenters. The van der Waals surface area contributed by atoms with E-state index in [2.05, 4.69) is 10.0 Å². The molecule has 0 saturated heterocycles. The number of anilines is 1. The van der Waals surface area contributed by atoms with E-state index >= 15 is 0 Å². The molecule has 2 N–H and O–H groups in total. The first-order valence-corrected chi connectivity index (χ1v) is 14.1. The molecule has 8 nitrogen and oxygen atoms in total. The second-order valence-electron chi connectivity index (χ2n) is 9.71. The molecule has 0 aromatic heterocycles. The number of benzodiazepines with no additional fused rings is 1. The van der Waals surface area contributed by atoms with Gasteiger partial charge in [0.05, 0.1) is 17.2 Å². The monoisotopic (exact) mass is 532 g/mol. The van der Waals surface area contributed by atoms with Crippen molar-refractivity contribution in [3.05, 3.63) is 102 Å². The zero-order chi connectivity index (χ0) is 27.3. The van der Waals surface area contributed by atoms with Gasteiger partial charge in [-0.05, 0) is 24.0 Å². The number of amides is 2. The average Bonchev–Trinajstić information content (AvgIpc) is 2.99. The summed E-state index contributed by atoms with van der Waals surface area (Å²) in [7, 11) is -2.20. The molecule has 2 unspecified atom stereocenters. The van der Waals surface area contributed by atoms with Gasteiger partial charge in [-0.25, -0.2) is 18.1 Å². The van der Waals surface area contributed by atoms with Gasteiger partial charge in [-0.2, -0.15) is 0 Å². The molecule has 0 saturated carbocycles. The molecule has 2 amide bonds. The second-order valence-corrected chi connectivity index (χ2v) is 11.5. The highest BCUT2D eigenvalue weighted by molar-refractivity contribution is 7.88. The van der Waals surface area contributed by atoms with E-state index in [0.29, 0.717) is 17.0 Å². The fourth-order valence-corrected chi connectivity index (χ4v) is 5.76. The van der Waals surface area contributed by atoms with Gasteiger partial charge in [0, 0.05) is 18.2 Å². The van der Waals surface area contributed by atoms with Crippen LogP contribution in [0.2, 0.25) is 0 Å². The lowest BCUT2D eigenvalue weighted by atomic mass is 10.0. The number of likely N-dealkylation sites (N-methyl/N-ethyl adjacent to an activating group) is 1. The van der Waals surface area contributed by atoms with Crippen LogP contribution in [0, 0.1) is 5.92 Å². The van der Waals surface area contributed by atoms with E-state index in [9.17, 15) is 18.0 Å². The van der Waals surface area contributed by atoms with Crippen molar-refractivity contribution in [3.63, 3.8) is 0 Å². The number of carbonyl (C=O) groups is 2. The smallest absolute Gasteiger partial charge is 0.272 e. The molecular formula is C29H32N4O4S. The predicted octanol–water partition coefficient (Wildman–Crippen LogP) is 3.48. The molecule has 1 heterocycles. The lowest BCUT2D eigenvalue weighted by Crippen LogP contribution is -2.53. The fraction of sp³-hybridized carbons (Fsp3) is 0.276. The number of aliphatic imine (C=N–C) groups is 1. The molecule has 0 aliphatic carbocycles. The number of para-hydroxylation sites is 1. The van der Waals surface area contributed by atoms with Gasteiger partial charge < -0.3 is 10.2 Å². The van der Waals surface area contributed by atoms with Crippen molar-refractivity contribution >= 4 is 33.2 Å². The molecule has 4 rings (SSSR count). The van der Waals surface area contributed by atoms with Crippen LogP contribution in [0.1, 0.15) is 37.0 Å². The minimum atomic E-state index is -3.84. The maximum Gasteiger partial charge on any atom is 0.272 e. The Kier molecular flexibility index (Phi) is 8.38. The summed E-state index contributed by atoms with van der Waals surface area (Å²) in [4.78, 5) is 33.1. The summed E-state index contributed by atoms with van der Waals surface area (Å²) in [5.41, 5.74) is 3.39. The lowest BCUT2D eigenvalue weighted by molar-refractivity contribution is -0.128. The maximum absolute atomic E-state index is 13.5. The summed E-state index contributed by atoms with van der Waals surface area (Å²) >= 11 is 0. The molecule has 0 radical (unpaired) electrons. The van der Waals surface area contributed by atoms with Crippen molar-refractivity contribution in [1.29, 1.82) is 0 Å². The van der Waals surface area contributed by atoms with E-state index in [1.54, 1.807) is 31.3 Å². The zero-order valence-corrected chi connectivity index (χ0v) is 22.5. The van der Waals surface area contributed by atoms with Crippen LogP contribution < -0.4 is 14.9 Å². The van der Waals surface area contributed by atoms with Gasteiger partial charge >= 0.3 is 0 Å². The van der Waals surface area contributed by atoms with Crippen LogP contribution in [-0.2, 0) is 25.4 Å². The minimum absolute atomic E-state index is 0.0188. The number of fused-ring (bicyclic) bond motifs is 1. The third kappa shape index (κ3) is 6.54. The first kappa shape index (κ1) is 27.2. The molecule has 9 heteroatoms. The summed E-state index contributed by atoms with van der Waals surface area (Å²) in [6, 6.07) is 24.6. The number of hydrogen-bond donors (Lipinski definition) is 2. The molecule has 0 bridgehead atoms. The standard InChI is InChI=1S/C29H32N4O4S/c1-20(2)18-24(32-38(36,37)19-21-12-6-4-7-13-21)28(34)31-27-29(35)33(3)25-17-11-10-16-23(25)26(30-27)22-14-8-5-9-15-22/h4-17,20,24,27,32H,18-19H2,1-3H3,(H,31,34). The summed E-state index contributed by atoms with van der Waals surface area (Å²) in [6.07, 6.45) is -0.977. The van der Waals surface area contributed by atoms with E-state index < -0.39 is 34.0 Å². The van der Waals surface area contributed by atoms with Gasteiger partial charge in [0.15, 0.2) is 0 Å². The van der Waals surface area contributed by atoms with Crippen LogP contribution in [0.15, 0.2) is 89.9 Å². The molecule has 0 fully saturated rings. The summed E-state index contributed by atoms with van der Waals surface area (Å²) in [6.45, 7) is 3.80. The van der Waals surface area contributed by atoms with E-state index in [0.717, 1.165) is 11.1 Å². The van der Waals surface area contributed by atoms with E-state index in [4.69, 9.17) is 4.99 Å². The molecule has 198 valence electrons. The minimum Gasteiger partial charge on any atom is -0.325 e. The largest absolute Gasteiger partial charge is 0.325 e. The Labute approximate surface area is 223 Å². The molecule has 1 aliphatic heterocycles. The van der Waals surface area contributed by atoms with Gasteiger partial charge in [0.1, 0.15) is 6.04 Å². The van der Waals surface area contributed by atoms with Crippen LogP contribution in [0.4, 0.5) is 5.69 Å². The van der Waals surface area contributed by atoms with Crippen molar-refractivity contribution in [1.82, 2.24) is 10.0 Å². The number of nitrogens with zero attached hydrogens (tertiary/aromatic N) is 2. The normalized spacial score (nSPS) is 16.4. The van der Waals surface area contributed by atoms with Gasteiger partial charge in [0.2, 0.25) is 22.1 Å². The number of rotatable bonds is 9. The SMILES string of the molecule is CC(C)CC(NS(=O)(=O)Cc1ccccc1)C(=O)NC1N=C(c2ccccc2)c2ccccc2N(C)C1=O. The molecule has 3 aromatic rings. The van der Waals surface area contributed by atoms with E-state index in [-0.39, 0.29) is 18.1 Å². The first-order valence-electron chi connectivity index (χ1n) is 12.5. The van der Waals surface area contributed by atoms with Crippen LogP contribution in [0.3, 0.4) is 0 Å². The number of hydrogen-bond acceptors (Lipinski definition) is 5. The van der Waals surface area contributed by atoms with Crippen molar-refractivity contribution in [2.45, 2.75) is 38.2 Å². The highest BCUT2D eigenvalue weighted by atomic mass is 32.2. The summed E-state index contributed by atoms with van der Waals surface area (Å²) in [5.74, 6) is -1.27. The molecule has 38 heavy (non-hydrogen) atoms. The molecule has 3 aromatic carbocycles. The molecular weight excluding hydrogens is 500 g/mol. The Morgan fingerprint density at radius 1 is 0.947 bits per heavy atom. The van der Waals surface area contributed by atoms with Gasteiger partial charge in [-0.3, -0.25) is 9.59 Å². The van der Waals surface area contributed by atoms with Crippen LogP contribution in [0.25, 0.3) is 0 Å². The Morgan fingerprint density at radius 3 is 2.21 bits per heavy atom. The van der Waals surface area contributed by atoms with Crippen LogP contribution in [0.5, 0.6) is 0 Å². The quantitative estimate of drug-likeness (QED) is 0.440. The van der Waals surface area contributed by atoms with Crippen molar-refractivity contribution in [2.24, 2.45) is 10.9 Å². The third-order valence-electron chi connectivity index (χ3n) is 6.21. The zero-order valence-electron chi connectivity index (χ0n) is 21.7. The molecule has 0 spiro atoms. The second kappa shape index (κ2) is 11.7. The number of sulfonamides is 1. The number of carbonyl (C=O) groups excluding carboxylic acids is 2. The van der Waals surface area contributed by atoms with E-state index in [1.807, 2.05) is 74.5 Å². The Bertz CT molecular complexity index is 1420. The van der Waals surface area contributed by atoms with E-state index in [1.165, 1.54) is 4.90 Å². The van der Waals surface area contributed by atoms with Crippen molar-refractivity contribution < 1.29 is 18.0 Å². The summed E-state index contributed by atoms with van der Waals surface area (Å²) in [5, 5.41) is 2.72. The number of benzene rings is 3.